The van der Waals surface area contributed by atoms with Crippen LogP contribution in [0.25, 0.3) is 0 Å². The van der Waals surface area contributed by atoms with Gasteiger partial charge in [-0.2, -0.15) is 5.26 Å². The maximum atomic E-state index is 13.8. The number of carbonyl (C=O) groups excluding carboxylic acids is 1. The van der Waals surface area contributed by atoms with Crippen molar-refractivity contribution in [3.8, 4) is 11.8 Å². The van der Waals surface area contributed by atoms with Gasteiger partial charge in [0.05, 0.1) is 17.7 Å². The lowest BCUT2D eigenvalue weighted by atomic mass is 9.86. The molecule has 0 spiro atoms. The first-order valence-corrected chi connectivity index (χ1v) is 11.4. The van der Waals surface area contributed by atoms with Crippen LogP contribution in [0.4, 0.5) is 0 Å². The van der Waals surface area contributed by atoms with Crippen molar-refractivity contribution < 1.29 is 19.4 Å². The lowest BCUT2D eigenvalue weighted by Crippen LogP contribution is -2.41. The average Bonchev–Trinajstić information content (AvgIpc) is 3.68. The molecule has 1 saturated carbocycles. The molecule has 0 radical (unpaired) electrons. The van der Waals surface area contributed by atoms with Crippen LogP contribution in [-0.2, 0) is 16.0 Å². The van der Waals surface area contributed by atoms with Crippen molar-refractivity contribution in [2.75, 3.05) is 13.2 Å². The van der Waals surface area contributed by atoms with E-state index in [-0.39, 0.29) is 17.7 Å². The third-order valence-corrected chi connectivity index (χ3v) is 6.69. The molecule has 0 aromatic heterocycles. The highest BCUT2D eigenvalue weighted by molar-refractivity contribution is 5.84. The fourth-order valence-corrected chi connectivity index (χ4v) is 4.99. The number of hydrogen-bond acceptors (Lipinski definition) is 4. The fourth-order valence-electron chi connectivity index (χ4n) is 4.99. The highest BCUT2D eigenvalue weighted by Crippen LogP contribution is 2.50. The van der Waals surface area contributed by atoms with E-state index >= 15 is 0 Å². The van der Waals surface area contributed by atoms with Gasteiger partial charge < -0.3 is 14.7 Å². The summed E-state index contributed by atoms with van der Waals surface area (Å²) >= 11 is 0. The van der Waals surface area contributed by atoms with Gasteiger partial charge in [0.25, 0.3) is 0 Å². The normalized spacial score (nSPS) is 20.7. The number of carboxylic acid groups (broad SMARTS) is 1. The summed E-state index contributed by atoms with van der Waals surface area (Å²) in [5.74, 6) is -0.510. The highest BCUT2D eigenvalue weighted by Gasteiger charge is 2.48. The van der Waals surface area contributed by atoms with Crippen molar-refractivity contribution in [3.05, 3.63) is 101 Å². The SMILES string of the molecule is N#Cc1ccc(OCC(=O)O)c(C2c3ccccc3CCN2C(=O)[C@@H]2C[C@H]2c2ccccc2)c1. The summed E-state index contributed by atoms with van der Waals surface area (Å²) < 4.78 is 5.61. The number of ether oxygens (including phenoxy) is 1. The quantitative estimate of drug-likeness (QED) is 0.602. The smallest absolute Gasteiger partial charge is 0.341 e. The van der Waals surface area contributed by atoms with Gasteiger partial charge in [-0.05, 0) is 53.6 Å². The van der Waals surface area contributed by atoms with Crippen LogP contribution >= 0.6 is 0 Å². The largest absolute Gasteiger partial charge is 0.482 e. The average molecular weight is 453 g/mol. The lowest BCUT2D eigenvalue weighted by molar-refractivity contribution is -0.139. The van der Waals surface area contributed by atoms with Crippen LogP contribution in [0, 0.1) is 17.2 Å². The summed E-state index contributed by atoms with van der Waals surface area (Å²) in [7, 11) is 0. The molecule has 2 aliphatic rings. The molecule has 0 saturated heterocycles. The topological polar surface area (TPSA) is 90.6 Å². The van der Waals surface area contributed by atoms with E-state index in [9.17, 15) is 14.9 Å². The Bertz CT molecular complexity index is 1280. The molecule has 6 nitrogen and oxygen atoms in total. The molecule has 1 amide bonds. The summed E-state index contributed by atoms with van der Waals surface area (Å²) in [4.78, 5) is 26.9. The molecule has 5 rings (SSSR count). The zero-order valence-electron chi connectivity index (χ0n) is 18.6. The number of carboxylic acids is 1. The number of carbonyl (C=O) groups is 2. The summed E-state index contributed by atoms with van der Waals surface area (Å²) in [5.41, 5.74) is 4.36. The van der Waals surface area contributed by atoms with Crippen molar-refractivity contribution in [1.82, 2.24) is 4.90 Å². The molecule has 1 aliphatic carbocycles. The monoisotopic (exact) mass is 452 g/mol. The fraction of sp³-hybridized carbons (Fsp3) is 0.250. The third-order valence-electron chi connectivity index (χ3n) is 6.69. The Hall–Kier alpha value is -4.11. The van der Waals surface area contributed by atoms with Gasteiger partial charge in [0, 0.05) is 18.0 Å². The van der Waals surface area contributed by atoms with E-state index in [1.165, 1.54) is 5.56 Å². The molecule has 0 bridgehead atoms. The molecule has 1 unspecified atom stereocenters. The second kappa shape index (κ2) is 9.03. The molecule has 170 valence electrons. The third kappa shape index (κ3) is 4.13. The number of aliphatic carboxylic acids is 1. The van der Waals surface area contributed by atoms with E-state index in [1.54, 1.807) is 18.2 Å². The molecule has 34 heavy (non-hydrogen) atoms. The molecule has 1 N–H and O–H groups in total. The lowest BCUT2D eigenvalue weighted by Gasteiger charge is -2.38. The molecule has 1 fully saturated rings. The zero-order valence-corrected chi connectivity index (χ0v) is 18.6. The summed E-state index contributed by atoms with van der Waals surface area (Å²) in [6.07, 6.45) is 1.55. The first-order valence-electron chi connectivity index (χ1n) is 11.4. The van der Waals surface area contributed by atoms with Gasteiger partial charge in [0.15, 0.2) is 6.61 Å². The van der Waals surface area contributed by atoms with Crippen LogP contribution in [0.1, 0.15) is 46.2 Å². The van der Waals surface area contributed by atoms with Crippen LogP contribution < -0.4 is 4.74 Å². The van der Waals surface area contributed by atoms with E-state index in [4.69, 9.17) is 9.84 Å². The van der Waals surface area contributed by atoms with Crippen molar-refractivity contribution in [2.45, 2.75) is 24.8 Å². The minimum Gasteiger partial charge on any atom is -0.482 e. The minimum atomic E-state index is -1.09. The van der Waals surface area contributed by atoms with Crippen molar-refractivity contribution in [1.29, 1.82) is 5.26 Å². The van der Waals surface area contributed by atoms with E-state index in [1.807, 2.05) is 41.3 Å². The van der Waals surface area contributed by atoms with Gasteiger partial charge in [0.2, 0.25) is 5.91 Å². The Morgan fingerprint density at radius 1 is 1.03 bits per heavy atom. The van der Waals surface area contributed by atoms with Crippen molar-refractivity contribution >= 4 is 11.9 Å². The number of fused-ring (bicyclic) bond motifs is 1. The van der Waals surface area contributed by atoms with Gasteiger partial charge in [-0.3, -0.25) is 4.79 Å². The maximum absolute atomic E-state index is 13.8. The highest BCUT2D eigenvalue weighted by atomic mass is 16.5. The number of amides is 1. The van der Waals surface area contributed by atoms with E-state index < -0.39 is 18.6 Å². The van der Waals surface area contributed by atoms with E-state index in [0.29, 0.717) is 23.4 Å². The van der Waals surface area contributed by atoms with Gasteiger partial charge in [-0.15, -0.1) is 0 Å². The second-order valence-corrected chi connectivity index (χ2v) is 8.79. The van der Waals surface area contributed by atoms with Gasteiger partial charge >= 0.3 is 5.97 Å². The van der Waals surface area contributed by atoms with Crippen molar-refractivity contribution in [2.24, 2.45) is 5.92 Å². The summed E-state index contributed by atoms with van der Waals surface area (Å²) in [5, 5.41) is 18.7. The first-order chi connectivity index (χ1) is 16.6. The van der Waals surface area contributed by atoms with Crippen molar-refractivity contribution in [3.63, 3.8) is 0 Å². The molecule has 3 aromatic carbocycles. The Morgan fingerprint density at radius 2 is 1.79 bits per heavy atom. The molecule has 1 heterocycles. The number of nitriles is 1. The summed E-state index contributed by atoms with van der Waals surface area (Å²) in [6, 6.07) is 24.7. The predicted octanol–water partition coefficient (Wildman–Crippen LogP) is 4.30. The van der Waals surface area contributed by atoms with Crippen LogP contribution in [0.2, 0.25) is 0 Å². The van der Waals surface area contributed by atoms with Gasteiger partial charge in [-0.1, -0.05) is 54.6 Å². The molecule has 1 aliphatic heterocycles. The van der Waals surface area contributed by atoms with Gasteiger partial charge in [-0.25, -0.2) is 4.79 Å². The van der Waals surface area contributed by atoms with Crippen LogP contribution in [0.5, 0.6) is 5.75 Å². The van der Waals surface area contributed by atoms with Crippen LogP contribution in [0.3, 0.4) is 0 Å². The maximum Gasteiger partial charge on any atom is 0.341 e. The van der Waals surface area contributed by atoms with E-state index in [0.717, 1.165) is 24.0 Å². The van der Waals surface area contributed by atoms with Gasteiger partial charge in [0.1, 0.15) is 5.75 Å². The first kappa shape index (κ1) is 21.7. The molecular weight excluding hydrogens is 428 g/mol. The minimum absolute atomic E-state index is 0.0832. The molecular formula is C28H24N2O4. The molecule has 3 atom stereocenters. The molecule has 6 heteroatoms. The number of nitrogens with zero attached hydrogens (tertiary/aromatic N) is 2. The molecule has 3 aromatic rings. The second-order valence-electron chi connectivity index (χ2n) is 8.79. The zero-order chi connectivity index (χ0) is 23.7. The number of hydrogen-bond donors (Lipinski definition) is 1. The Kier molecular flexibility index (Phi) is 5.77. The Morgan fingerprint density at radius 3 is 2.56 bits per heavy atom. The number of rotatable bonds is 6. The summed E-state index contributed by atoms with van der Waals surface area (Å²) in [6.45, 7) is 0.0492. The van der Waals surface area contributed by atoms with E-state index in [2.05, 4.69) is 24.3 Å². The Labute approximate surface area is 198 Å². The predicted molar refractivity (Wildman–Crippen MR) is 125 cm³/mol. The van der Waals surface area contributed by atoms with Crippen LogP contribution in [-0.4, -0.2) is 35.0 Å². The van der Waals surface area contributed by atoms with Crippen LogP contribution in [0.15, 0.2) is 72.8 Å². The Balaban J connectivity index is 1.55. The number of benzene rings is 3. The standard InChI is InChI=1S/C28H24N2O4/c29-16-18-10-11-25(34-17-26(31)32)24(14-18)27-21-9-5-4-8-20(21)12-13-30(27)28(33)23-15-22(23)19-6-2-1-3-7-19/h1-11,14,22-23,27H,12-13,15,17H2,(H,31,32)/t22-,23+,27?/m0/s1.